The summed E-state index contributed by atoms with van der Waals surface area (Å²) in [5.74, 6) is 0. The van der Waals surface area contributed by atoms with Crippen LogP contribution in [-0.2, 0) is 25.5 Å². The molecule has 158 valence electrons. The van der Waals surface area contributed by atoms with Crippen molar-refractivity contribution >= 4 is 0 Å². The van der Waals surface area contributed by atoms with E-state index >= 15 is 0 Å². The van der Waals surface area contributed by atoms with Gasteiger partial charge in [-0.1, -0.05) is 12.1 Å². The Kier molecular flexibility index (Phi) is 9.49. The van der Waals surface area contributed by atoms with Crippen molar-refractivity contribution in [2.24, 2.45) is 0 Å². The fourth-order valence-electron chi connectivity index (χ4n) is 2.97. The first-order valence-corrected chi connectivity index (χ1v) is 10.2. The lowest BCUT2D eigenvalue weighted by Gasteiger charge is -2.22. The van der Waals surface area contributed by atoms with E-state index in [-0.39, 0.29) is 0 Å². The predicted octanol–water partition coefficient (Wildman–Crippen LogP) is 2.33. The zero-order valence-corrected chi connectivity index (χ0v) is 17.2. The molecule has 7 heteroatoms. The lowest BCUT2D eigenvalue weighted by molar-refractivity contribution is 0.00206. The maximum atomic E-state index is 5.69. The van der Waals surface area contributed by atoms with Crippen molar-refractivity contribution in [1.82, 2.24) is 14.9 Å². The maximum Gasteiger partial charge on any atom is 0.0886 e. The van der Waals surface area contributed by atoms with E-state index in [0.717, 1.165) is 42.1 Å². The van der Waals surface area contributed by atoms with Crippen molar-refractivity contribution in [3.8, 4) is 11.4 Å². The van der Waals surface area contributed by atoms with Crippen LogP contribution in [0.2, 0.25) is 0 Å². The fourth-order valence-corrected chi connectivity index (χ4v) is 2.97. The largest absolute Gasteiger partial charge is 0.378 e. The van der Waals surface area contributed by atoms with Gasteiger partial charge in [-0.05, 0) is 30.2 Å². The third kappa shape index (κ3) is 8.16. The molecule has 1 saturated heterocycles. The van der Waals surface area contributed by atoms with Gasteiger partial charge in [-0.25, -0.2) is 0 Å². The van der Waals surface area contributed by atoms with Gasteiger partial charge in [0.1, 0.15) is 0 Å². The molecule has 3 heterocycles. The lowest BCUT2D eigenvalue weighted by atomic mass is 10.2. The summed E-state index contributed by atoms with van der Waals surface area (Å²) >= 11 is 0. The second-order valence-corrected chi connectivity index (χ2v) is 7.00. The predicted molar refractivity (Wildman–Crippen MR) is 111 cm³/mol. The molecule has 1 aliphatic heterocycles. The molecule has 2 aromatic rings. The molecule has 1 fully saturated rings. The van der Waals surface area contributed by atoms with Crippen molar-refractivity contribution in [3.63, 3.8) is 0 Å². The molecule has 0 amide bonds. The summed E-state index contributed by atoms with van der Waals surface area (Å²) in [6.45, 7) is 9.41. The Morgan fingerprint density at radius 3 is 1.69 bits per heavy atom. The molecule has 0 aromatic carbocycles. The molecule has 0 spiro atoms. The lowest BCUT2D eigenvalue weighted by Crippen LogP contribution is -2.31. The molecule has 7 nitrogen and oxygen atoms in total. The molecular weight excluding hydrogens is 370 g/mol. The van der Waals surface area contributed by atoms with Crippen molar-refractivity contribution in [2.75, 3.05) is 65.9 Å². The third-order valence-electron chi connectivity index (χ3n) is 4.62. The Morgan fingerprint density at radius 1 is 0.690 bits per heavy atom. The van der Waals surface area contributed by atoms with Crippen LogP contribution >= 0.6 is 0 Å². The highest BCUT2D eigenvalue weighted by molar-refractivity contribution is 5.53. The molecule has 1 aliphatic rings. The average molecular weight is 402 g/mol. The summed E-state index contributed by atoms with van der Waals surface area (Å²) in [6, 6.07) is 8.20. The third-order valence-corrected chi connectivity index (χ3v) is 4.62. The molecule has 0 atom stereocenters. The van der Waals surface area contributed by atoms with Gasteiger partial charge in [0, 0.05) is 32.0 Å². The minimum Gasteiger partial charge on any atom is -0.378 e. The monoisotopic (exact) mass is 401 g/mol. The Balaban J connectivity index is 1.54. The molecule has 2 aromatic heterocycles. The number of hydrogen-bond donors (Lipinski definition) is 0. The first-order chi connectivity index (χ1) is 14.3. The summed E-state index contributed by atoms with van der Waals surface area (Å²) in [5, 5.41) is 0. The minimum atomic E-state index is 0.594. The molecule has 3 rings (SSSR count). The van der Waals surface area contributed by atoms with Crippen LogP contribution in [0.25, 0.3) is 11.4 Å². The van der Waals surface area contributed by atoms with Gasteiger partial charge in [-0.15, -0.1) is 0 Å². The van der Waals surface area contributed by atoms with Crippen molar-refractivity contribution < 1.29 is 18.9 Å². The summed E-state index contributed by atoms with van der Waals surface area (Å²) in [6.07, 6.45) is 3.79. The molecule has 29 heavy (non-hydrogen) atoms. The van der Waals surface area contributed by atoms with E-state index in [4.69, 9.17) is 18.9 Å². The number of rotatable bonds is 3. The summed E-state index contributed by atoms with van der Waals surface area (Å²) < 4.78 is 22.3. The Hall–Kier alpha value is -1.90. The Morgan fingerprint density at radius 2 is 1.21 bits per heavy atom. The molecule has 0 N–H and O–H groups in total. The highest BCUT2D eigenvalue weighted by atomic mass is 16.6. The quantitative estimate of drug-likeness (QED) is 0.782. The topological polar surface area (TPSA) is 65.9 Å². The van der Waals surface area contributed by atoms with Crippen LogP contribution in [0.3, 0.4) is 0 Å². The smallest absolute Gasteiger partial charge is 0.0886 e. The summed E-state index contributed by atoms with van der Waals surface area (Å²) in [5.41, 5.74) is 4.08. The zero-order chi connectivity index (χ0) is 20.2. The SMILES string of the molecule is Cc1ccc(-c2ccc(CN3CCOCCOCCOCCOCC3)cn2)nc1. The first-order valence-electron chi connectivity index (χ1n) is 10.2. The van der Waals surface area contributed by atoms with Crippen LogP contribution in [0.1, 0.15) is 11.1 Å². The molecule has 0 unspecified atom stereocenters. The maximum absolute atomic E-state index is 5.69. The van der Waals surface area contributed by atoms with Crippen molar-refractivity contribution in [1.29, 1.82) is 0 Å². The van der Waals surface area contributed by atoms with Gasteiger partial charge in [0.05, 0.1) is 64.2 Å². The van der Waals surface area contributed by atoms with Gasteiger partial charge < -0.3 is 18.9 Å². The molecule has 0 saturated carbocycles. The Bertz CT molecular complexity index is 678. The van der Waals surface area contributed by atoms with Crippen LogP contribution < -0.4 is 0 Å². The number of hydrogen-bond acceptors (Lipinski definition) is 7. The van der Waals surface area contributed by atoms with Crippen LogP contribution in [0.4, 0.5) is 0 Å². The number of nitrogens with zero attached hydrogens (tertiary/aromatic N) is 3. The van der Waals surface area contributed by atoms with Crippen molar-refractivity contribution in [2.45, 2.75) is 13.5 Å². The van der Waals surface area contributed by atoms with Crippen LogP contribution in [-0.4, -0.2) is 80.8 Å². The summed E-state index contributed by atoms with van der Waals surface area (Å²) in [7, 11) is 0. The van der Waals surface area contributed by atoms with Crippen LogP contribution in [0, 0.1) is 6.92 Å². The van der Waals surface area contributed by atoms with Gasteiger partial charge in [-0.2, -0.15) is 0 Å². The number of pyridine rings is 2. The average Bonchev–Trinajstić information content (AvgIpc) is 2.75. The molecule has 0 radical (unpaired) electrons. The molecule has 0 bridgehead atoms. The van der Waals surface area contributed by atoms with Gasteiger partial charge in [0.2, 0.25) is 0 Å². The highest BCUT2D eigenvalue weighted by Gasteiger charge is 2.08. The zero-order valence-electron chi connectivity index (χ0n) is 17.2. The van der Waals surface area contributed by atoms with E-state index in [2.05, 4.69) is 27.0 Å². The van der Waals surface area contributed by atoms with Crippen LogP contribution in [0.15, 0.2) is 36.7 Å². The van der Waals surface area contributed by atoms with Gasteiger partial charge in [-0.3, -0.25) is 14.9 Å². The second kappa shape index (κ2) is 12.6. The fraction of sp³-hybridized carbons (Fsp3) is 0.545. The first kappa shape index (κ1) is 21.8. The molecular formula is C22H31N3O4. The van der Waals surface area contributed by atoms with Gasteiger partial charge >= 0.3 is 0 Å². The van der Waals surface area contributed by atoms with Gasteiger partial charge in [0.15, 0.2) is 0 Å². The Labute approximate surface area is 173 Å². The van der Waals surface area contributed by atoms with Gasteiger partial charge in [0.25, 0.3) is 0 Å². The number of aromatic nitrogens is 2. The van der Waals surface area contributed by atoms with E-state index in [1.807, 2.05) is 31.5 Å². The van der Waals surface area contributed by atoms with Crippen LogP contribution in [0.5, 0.6) is 0 Å². The number of aryl methyl sites for hydroxylation is 1. The minimum absolute atomic E-state index is 0.594. The molecule has 0 aliphatic carbocycles. The normalized spacial score (nSPS) is 18.7. The van der Waals surface area contributed by atoms with E-state index in [0.29, 0.717) is 52.9 Å². The van der Waals surface area contributed by atoms with E-state index in [1.165, 1.54) is 0 Å². The van der Waals surface area contributed by atoms with E-state index in [9.17, 15) is 0 Å². The second-order valence-electron chi connectivity index (χ2n) is 7.00. The standard InChI is InChI=1S/C22H31N3O4/c1-19-2-4-21(23-16-19)22-5-3-20(17-24-22)18-25-6-8-26-10-12-28-14-15-29-13-11-27-9-7-25/h2-5,16-17H,6-15,18H2,1H3. The van der Waals surface area contributed by atoms with Crippen molar-refractivity contribution in [3.05, 3.63) is 47.8 Å². The number of ether oxygens (including phenoxy) is 4. The highest BCUT2D eigenvalue weighted by Crippen LogP contribution is 2.15. The van der Waals surface area contributed by atoms with E-state index in [1.54, 1.807) is 0 Å². The summed E-state index contributed by atoms with van der Waals surface area (Å²) in [4.78, 5) is 11.4. The van der Waals surface area contributed by atoms with E-state index < -0.39 is 0 Å².